The number of carboxylic acids is 1. The number of nitrogens with one attached hydrogen (secondary N) is 1. The van der Waals surface area contributed by atoms with Gasteiger partial charge in [0.15, 0.2) is 0 Å². The summed E-state index contributed by atoms with van der Waals surface area (Å²) < 4.78 is 5.33. The van der Waals surface area contributed by atoms with Crippen LogP contribution in [0, 0.1) is 0 Å². The summed E-state index contributed by atoms with van der Waals surface area (Å²) >= 11 is 0. The van der Waals surface area contributed by atoms with E-state index in [-0.39, 0.29) is 11.7 Å². The molecular weight excluding hydrogens is 208 g/mol. The highest BCUT2D eigenvalue weighted by molar-refractivity contribution is 5.88. The first-order valence-corrected chi connectivity index (χ1v) is 5.18. The molecule has 0 radical (unpaired) electrons. The van der Waals surface area contributed by atoms with Crippen molar-refractivity contribution >= 4 is 11.8 Å². The number of ether oxygens (including phenoxy) is 1. The van der Waals surface area contributed by atoms with Crippen LogP contribution in [-0.4, -0.2) is 35.3 Å². The van der Waals surface area contributed by atoms with Crippen molar-refractivity contribution in [3.8, 4) is 0 Å². The molecule has 5 heteroatoms. The predicted molar refractivity (Wildman–Crippen MR) is 60.8 cm³/mol. The zero-order chi connectivity index (χ0) is 12.0. The van der Waals surface area contributed by atoms with Gasteiger partial charge in [0.25, 0.3) is 0 Å². The average molecular weight is 224 g/mol. The quantitative estimate of drug-likeness (QED) is 0.768. The van der Waals surface area contributed by atoms with Crippen LogP contribution in [-0.2, 0) is 4.74 Å². The predicted octanol–water partition coefficient (Wildman–Crippen LogP) is 1.62. The molecule has 88 valence electrons. The molecule has 0 fully saturated rings. The Morgan fingerprint density at radius 1 is 1.69 bits per heavy atom. The third kappa shape index (κ3) is 3.86. The zero-order valence-electron chi connectivity index (χ0n) is 9.43. The van der Waals surface area contributed by atoms with Crippen molar-refractivity contribution in [2.45, 2.75) is 20.0 Å². The fourth-order valence-electron chi connectivity index (χ4n) is 1.25. The monoisotopic (exact) mass is 224 g/mol. The van der Waals surface area contributed by atoms with Crippen LogP contribution in [0.3, 0.4) is 0 Å². The summed E-state index contributed by atoms with van der Waals surface area (Å²) in [6.45, 7) is 5.13. The minimum absolute atomic E-state index is 0.0697. The molecule has 2 N–H and O–H groups in total. The first-order valence-electron chi connectivity index (χ1n) is 5.18. The molecule has 1 unspecified atom stereocenters. The van der Waals surface area contributed by atoms with Crippen LogP contribution in [0.5, 0.6) is 0 Å². The topological polar surface area (TPSA) is 71.5 Å². The fourth-order valence-corrected chi connectivity index (χ4v) is 1.25. The van der Waals surface area contributed by atoms with Crippen LogP contribution >= 0.6 is 0 Å². The Labute approximate surface area is 94.5 Å². The van der Waals surface area contributed by atoms with E-state index < -0.39 is 5.97 Å². The van der Waals surface area contributed by atoms with Gasteiger partial charge >= 0.3 is 5.97 Å². The molecule has 5 nitrogen and oxygen atoms in total. The van der Waals surface area contributed by atoms with Gasteiger partial charge < -0.3 is 15.2 Å². The number of carboxylic acid groups (broad SMARTS) is 1. The van der Waals surface area contributed by atoms with E-state index in [4.69, 9.17) is 9.84 Å². The second kappa shape index (κ2) is 6.07. The van der Waals surface area contributed by atoms with Gasteiger partial charge in [0.1, 0.15) is 5.82 Å². The number of hydrogen-bond acceptors (Lipinski definition) is 4. The molecule has 1 rings (SSSR count). The first-order chi connectivity index (χ1) is 7.63. The van der Waals surface area contributed by atoms with E-state index in [0.717, 1.165) is 0 Å². The molecule has 0 aliphatic heterocycles. The van der Waals surface area contributed by atoms with E-state index in [1.54, 1.807) is 0 Å². The summed E-state index contributed by atoms with van der Waals surface area (Å²) in [6, 6.07) is 2.96. The summed E-state index contributed by atoms with van der Waals surface area (Å²) in [7, 11) is 0. The van der Waals surface area contributed by atoms with Gasteiger partial charge in [-0.15, -0.1) is 0 Å². The highest BCUT2D eigenvalue weighted by Crippen LogP contribution is 2.07. The van der Waals surface area contributed by atoms with Crippen molar-refractivity contribution in [3.63, 3.8) is 0 Å². The van der Waals surface area contributed by atoms with Crippen LogP contribution in [0.1, 0.15) is 24.2 Å². The van der Waals surface area contributed by atoms with Crippen molar-refractivity contribution in [3.05, 3.63) is 23.9 Å². The van der Waals surface area contributed by atoms with Crippen molar-refractivity contribution in [1.82, 2.24) is 4.98 Å². The van der Waals surface area contributed by atoms with E-state index in [2.05, 4.69) is 10.3 Å². The van der Waals surface area contributed by atoms with Gasteiger partial charge in [-0.1, -0.05) is 0 Å². The molecule has 0 aliphatic rings. The van der Waals surface area contributed by atoms with Gasteiger partial charge in [-0.3, -0.25) is 0 Å². The first kappa shape index (κ1) is 12.4. The Morgan fingerprint density at radius 3 is 3.06 bits per heavy atom. The second-order valence-corrected chi connectivity index (χ2v) is 3.38. The molecule has 1 aromatic heterocycles. The number of rotatable bonds is 6. The normalized spacial score (nSPS) is 12.1. The summed E-state index contributed by atoms with van der Waals surface area (Å²) in [5, 5.41) is 11.8. The number of carbonyl (C=O) groups is 1. The summed E-state index contributed by atoms with van der Waals surface area (Å²) in [5.74, 6) is -0.408. The number of nitrogens with zero attached hydrogens (tertiary/aromatic N) is 1. The molecule has 0 amide bonds. The zero-order valence-corrected chi connectivity index (χ0v) is 9.43. The SMILES string of the molecule is CCOC(C)CNc1cc(C(=O)O)ccn1. The van der Waals surface area contributed by atoms with Crippen LogP contribution < -0.4 is 5.32 Å². The van der Waals surface area contributed by atoms with E-state index in [1.165, 1.54) is 18.3 Å². The minimum atomic E-state index is -0.955. The van der Waals surface area contributed by atoms with E-state index in [9.17, 15) is 4.79 Å². The molecule has 1 atom stereocenters. The molecule has 1 aromatic rings. The molecule has 16 heavy (non-hydrogen) atoms. The lowest BCUT2D eigenvalue weighted by Crippen LogP contribution is -2.20. The van der Waals surface area contributed by atoms with Crippen LogP contribution in [0.25, 0.3) is 0 Å². The number of aromatic nitrogens is 1. The number of anilines is 1. The Bertz CT molecular complexity index is 355. The number of hydrogen-bond donors (Lipinski definition) is 2. The van der Waals surface area contributed by atoms with Crippen molar-refractivity contribution < 1.29 is 14.6 Å². The number of pyridine rings is 1. The van der Waals surface area contributed by atoms with Crippen LogP contribution in [0.4, 0.5) is 5.82 Å². The molecule has 0 saturated carbocycles. The molecule has 1 heterocycles. The van der Waals surface area contributed by atoms with Crippen LogP contribution in [0.2, 0.25) is 0 Å². The molecule has 0 spiro atoms. The largest absolute Gasteiger partial charge is 0.478 e. The molecule has 0 aliphatic carbocycles. The Kier molecular flexibility index (Phi) is 4.72. The summed E-state index contributed by atoms with van der Waals surface area (Å²) in [5.41, 5.74) is 0.224. The molecule has 0 bridgehead atoms. The fraction of sp³-hybridized carbons (Fsp3) is 0.455. The summed E-state index contributed by atoms with van der Waals surface area (Å²) in [4.78, 5) is 14.7. The lowest BCUT2D eigenvalue weighted by molar-refractivity contribution is 0.0697. The van der Waals surface area contributed by atoms with Gasteiger partial charge in [0, 0.05) is 19.3 Å². The van der Waals surface area contributed by atoms with Gasteiger partial charge in [-0.25, -0.2) is 9.78 Å². The Hall–Kier alpha value is -1.62. The maximum atomic E-state index is 10.7. The minimum Gasteiger partial charge on any atom is -0.478 e. The van der Waals surface area contributed by atoms with Crippen molar-refractivity contribution in [2.75, 3.05) is 18.5 Å². The third-order valence-electron chi connectivity index (χ3n) is 2.03. The summed E-state index contributed by atoms with van der Waals surface area (Å²) in [6.07, 6.45) is 1.54. The van der Waals surface area contributed by atoms with Gasteiger partial charge in [0.2, 0.25) is 0 Å². The van der Waals surface area contributed by atoms with Gasteiger partial charge in [-0.05, 0) is 26.0 Å². The lowest BCUT2D eigenvalue weighted by atomic mass is 10.2. The Morgan fingerprint density at radius 2 is 2.44 bits per heavy atom. The molecule has 0 saturated heterocycles. The standard InChI is InChI=1S/C11H16N2O3/c1-3-16-8(2)7-13-10-6-9(11(14)15)4-5-12-10/h4-6,8H,3,7H2,1-2H3,(H,12,13)(H,14,15). The number of aromatic carboxylic acids is 1. The highest BCUT2D eigenvalue weighted by atomic mass is 16.5. The maximum absolute atomic E-state index is 10.7. The third-order valence-corrected chi connectivity index (χ3v) is 2.03. The highest BCUT2D eigenvalue weighted by Gasteiger charge is 2.05. The van der Waals surface area contributed by atoms with E-state index in [1.807, 2.05) is 13.8 Å². The van der Waals surface area contributed by atoms with Crippen molar-refractivity contribution in [1.29, 1.82) is 0 Å². The molecule has 0 aromatic carbocycles. The van der Waals surface area contributed by atoms with Crippen molar-refractivity contribution in [2.24, 2.45) is 0 Å². The second-order valence-electron chi connectivity index (χ2n) is 3.38. The van der Waals surface area contributed by atoms with Crippen LogP contribution in [0.15, 0.2) is 18.3 Å². The molecular formula is C11H16N2O3. The van der Waals surface area contributed by atoms with Gasteiger partial charge in [-0.2, -0.15) is 0 Å². The van der Waals surface area contributed by atoms with E-state index >= 15 is 0 Å². The lowest BCUT2D eigenvalue weighted by Gasteiger charge is -2.12. The van der Waals surface area contributed by atoms with E-state index in [0.29, 0.717) is 19.0 Å². The Balaban J connectivity index is 2.54. The maximum Gasteiger partial charge on any atom is 0.335 e. The smallest absolute Gasteiger partial charge is 0.335 e. The average Bonchev–Trinajstić information content (AvgIpc) is 2.27. The van der Waals surface area contributed by atoms with Gasteiger partial charge in [0.05, 0.1) is 11.7 Å².